The van der Waals surface area contributed by atoms with Gasteiger partial charge in [-0.15, -0.1) is 0 Å². The van der Waals surface area contributed by atoms with Crippen molar-refractivity contribution < 1.29 is 9.59 Å². The minimum atomic E-state index is -0.105. The lowest BCUT2D eigenvalue weighted by Gasteiger charge is -2.32. The molecule has 0 spiro atoms. The highest BCUT2D eigenvalue weighted by atomic mass is 16.2. The fourth-order valence-electron chi connectivity index (χ4n) is 3.27. The average Bonchev–Trinajstić information content (AvgIpc) is 3.39. The third-order valence-electron chi connectivity index (χ3n) is 5.07. The highest BCUT2D eigenvalue weighted by Gasteiger charge is 2.23. The Balaban J connectivity index is 1.42. The number of likely N-dealkylation sites (N-methyl/N-ethyl adjacent to an activating group) is 1. The maximum atomic E-state index is 12.2. The Morgan fingerprint density at radius 2 is 1.65 bits per heavy atom. The van der Waals surface area contributed by atoms with Gasteiger partial charge in [0.1, 0.15) is 0 Å². The SMILES string of the molecule is CC1CCN(c2ccc(NC(=O)CN(C)CC(=O)NC3CC3)cc2)CC1. The van der Waals surface area contributed by atoms with Crippen LogP contribution in [0.25, 0.3) is 0 Å². The summed E-state index contributed by atoms with van der Waals surface area (Å²) in [6, 6.07) is 8.39. The first-order valence-corrected chi connectivity index (χ1v) is 9.62. The number of piperidine rings is 1. The zero-order valence-electron chi connectivity index (χ0n) is 15.8. The lowest BCUT2D eigenvalue weighted by molar-refractivity contribution is -0.123. The van der Waals surface area contributed by atoms with E-state index in [1.165, 1.54) is 18.5 Å². The smallest absolute Gasteiger partial charge is 0.238 e. The van der Waals surface area contributed by atoms with Crippen LogP contribution in [0.1, 0.15) is 32.6 Å². The minimum absolute atomic E-state index is 0.0111. The lowest BCUT2D eigenvalue weighted by Crippen LogP contribution is -2.39. The number of carbonyl (C=O) groups excluding carboxylic acids is 2. The van der Waals surface area contributed by atoms with Gasteiger partial charge in [-0.1, -0.05) is 6.92 Å². The van der Waals surface area contributed by atoms with Gasteiger partial charge in [0.15, 0.2) is 0 Å². The fraction of sp³-hybridized carbons (Fsp3) is 0.600. The van der Waals surface area contributed by atoms with Crippen LogP contribution in [-0.2, 0) is 9.59 Å². The van der Waals surface area contributed by atoms with Gasteiger partial charge in [-0.3, -0.25) is 14.5 Å². The number of carbonyl (C=O) groups is 2. The molecule has 3 rings (SSSR count). The second-order valence-electron chi connectivity index (χ2n) is 7.78. The molecule has 142 valence electrons. The number of amides is 2. The van der Waals surface area contributed by atoms with Crippen LogP contribution in [0.2, 0.25) is 0 Å². The van der Waals surface area contributed by atoms with Gasteiger partial charge in [0.05, 0.1) is 13.1 Å². The van der Waals surface area contributed by atoms with Crippen molar-refractivity contribution in [2.24, 2.45) is 5.92 Å². The number of anilines is 2. The first-order valence-electron chi connectivity index (χ1n) is 9.62. The van der Waals surface area contributed by atoms with E-state index in [1.54, 1.807) is 11.9 Å². The molecule has 6 heteroatoms. The van der Waals surface area contributed by atoms with Crippen molar-refractivity contribution in [2.75, 3.05) is 43.4 Å². The summed E-state index contributed by atoms with van der Waals surface area (Å²) >= 11 is 0. The van der Waals surface area contributed by atoms with Crippen LogP contribution in [0.3, 0.4) is 0 Å². The van der Waals surface area contributed by atoms with Crippen LogP contribution in [0.4, 0.5) is 11.4 Å². The van der Waals surface area contributed by atoms with E-state index < -0.39 is 0 Å². The average molecular weight is 358 g/mol. The molecule has 0 unspecified atom stereocenters. The van der Waals surface area contributed by atoms with Gasteiger partial charge in [-0.2, -0.15) is 0 Å². The molecule has 0 bridgehead atoms. The van der Waals surface area contributed by atoms with Gasteiger partial charge in [0.25, 0.3) is 0 Å². The largest absolute Gasteiger partial charge is 0.372 e. The van der Waals surface area contributed by atoms with E-state index in [0.29, 0.717) is 6.04 Å². The Labute approximate surface area is 155 Å². The summed E-state index contributed by atoms with van der Waals surface area (Å²) in [4.78, 5) is 28.1. The highest BCUT2D eigenvalue weighted by molar-refractivity contribution is 5.92. The molecule has 1 heterocycles. The van der Waals surface area contributed by atoms with Crippen LogP contribution in [-0.4, -0.2) is 56.0 Å². The molecule has 0 atom stereocenters. The monoisotopic (exact) mass is 358 g/mol. The van der Waals surface area contributed by atoms with E-state index in [0.717, 1.165) is 37.5 Å². The molecule has 1 aromatic carbocycles. The van der Waals surface area contributed by atoms with E-state index in [1.807, 2.05) is 12.1 Å². The molecule has 1 aromatic rings. The van der Waals surface area contributed by atoms with Gasteiger partial charge in [0, 0.05) is 30.5 Å². The summed E-state index contributed by atoms with van der Waals surface area (Å²) in [7, 11) is 1.78. The van der Waals surface area contributed by atoms with Crippen LogP contribution in [0.15, 0.2) is 24.3 Å². The second-order valence-corrected chi connectivity index (χ2v) is 7.78. The van der Waals surface area contributed by atoms with Crippen molar-refractivity contribution in [3.63, 3.8) is 0 Å². The number of hydrogen-bond acceptors (Lipinski definition) is 4. The molecule has 2 aliphatic rings. The number of benzene rings is 1. The summed E-state index contributed by atoms with van der Waals surface area (Å²) in [5.41, 5.74) is 2.00. The number of hydrogen-bond donors (Lipinski definition) is 2. The lowest BCUT2D eigenvalue weighted by atomic mass is 9.99. The zero-order chi connectivity index (χ0) is 18.5. The number of nitrogens with zero attached hydrogens (tertiary/aromatic N) is 2. The van der Waals surface area contributed by atoms with Gasteiger partial charge in [0.2, 0.25) is 11.8 Å². The van der Waals surface area contributed by atoms with Crippen molar-refractivity contribution >= 4 is 23.2 Å². The summed E-state index contributed by atoms with van der Waals surface area (Å²) in [5, 5.41) is 5.84. The van der Waals surface area contributed by atoms with Gasteiger partial charge in [-0.05, 0) is 62.9 Å². The van der Waals surface area contributed by atoms with E-state index in [4.69, 9.17) is 0 Å². The molecule has 0 aromatic heterocycles. The topological polar surface area (TPSA) is 64.7 Å². The molecule has 2 N–H and O–H groups in total. The summed E-state index contributed by atoms with van der Waals surface area (Å²) < 4.78 is 0. The van der Waals surface area contributed by atoms with Gasteiger partial charge in [-0.25, -0.2) is 0 Å². The van der Waals surface area contributed by atoms with Crippen molar-refractivity contribution in [3.8, 4) is 0 Å². The quantitative estimate of drug-likeness (QED) is 0.783. The van der Waals surface area contributed by atoms with Crippen molar-refractivity contribution in [3.05, 3.63) is 24.3 Å². The molecule has 6 nitrogen and oxygen atoms in total. The molecule has 26 heavy (non-hydrogen) atoms. The molecular weight excluding hydrogens is 328 g/mol. The fourth-order valence-corrected chi connectivity index (χ4v) is 3.27. The predicted molar refractivity (Wildman–Crippen MR) is 104 cm³/mol. The Morgan fingerprint density at radius 3 is 2.27 bits per heavy atom. The maximum Gasteiger partial charge on any atom is 0.238 e. The molecular formula is C20H30N4O2. The second kappa shape index (κ2) is 8.54. The van der Waals surface area contributed by atoms with Crippen LogP contribution < -0.4 is 15.5 Å². The Hall–Kier alpha value is -2.08. The third-order valence-corrected chi connectivity index (χ3v) is 5.07. The van der Waals surface area contributed by atoms with Crippen molar-refractivity contribution in [1.82, 2.24) is 10.2 Å². The molecule has 1 aliphatic carbocycles. The third kappa shape index (κ3) is 5.73. The summed E-state index contributed by atoms with van der Waals surface area (Å²) in [6.07, 6.45) is 4.61. The summed E-state index contributed by atoms with van der Waals surface area (Å²) in [5.74, 6) is 0.697. The standard InChI is InChI=1S/C20H30N4O2/c1-15-9-11-24(12-10-15)18-7-5-17(6-8-18)22-20(26)14-23(2)13-19(25)21-16-3-4-16/h5-8,15-16H,3-4,9-14H2,1-2H3,(H,21,25)(H,22,26). The minimum Gasteiger partial charge on any atom is -0.372 e. The van der Waals surface area contributed by atoms with E-state index in [2.05, 4.69) is 34.6 Å². The molecule has 1 saturated heterocycles. The normalized spacial score (nSPS) is 18.0. The summed E-state index contributed by atoms with van der Waals surface area (Å²) in [6.45, 7) is 4.95. The van der Waals surface area contributed by atoms with Crippen LogP contribution in [0, 0.1) is 5.92 Å². The molecule has 1 saturated carbocycles. The van der Waals surface area contributed by atoms with Crippen molar-refractivity contribution in [1.29, 1.82) is 0 Å². The Morgan fingerprint density at radius 1 is 1.04 bits per heavy atom. The van der Waals surface area contributed by atoms with Gasteiger partial charge < -0.3 is 15.5 Å². The molecule has 1 aliphatic heterocycles. The number of rotatable bonds is 7. The van der Waals surface area contributed by atoms with E-state index in [9.17, 15) is 9.59 Å². The van der Waals surface area contributed by atoms with E-state index >= 15 is 0 Å². The van der Waals surface area contributed by atoms with Crippen LogP contribution in [0.5, 0.6) is 0 Å². The highest BCUT2D eigenvalue weighted by Crippen LogP contribution is 2.24. The molecule has 2 fully saturated rings. The van der Waals surface area contributed by atoms with Gasteiger partial charge >= 0.3 is 0 Å². The maximum absolute atomic E-state index is 12.2. The Bertz CT molecular complexity index is 619. The molecule has 0 radical (unpaired) electrons. The zero-order valence-corrected chi connectivity index (χ0v) is 15.8. The first kappa shape index (κ1) is 18.7. The first-order chi connectivity index (χ1) is 12.5. The number of nitrogens with one attached hydrogen (secondary N) is 2. The Kier molecular flexibility index (Phi) is 6.14. The predicted octanol–water partition coefficient (Wildman–Crippen LogP) is 2.07. The molecule has 2 amide bonds. The van der Waals surface area contributed by atoms with E-state index in [-0.39, 0.29) is 24.9 Å². The van der Waals surface area contributed by atoms with Crippen LogP contribution >= 0.6 is 0 Å². The van der Waals surface area contributed by atoms with Crippen molar-refractivity contribution in [2.45, 2.75) is 38.6 Å².